The van der Waals surface area contributed by atoms with E-state index in [2.05, 4.69) is 0 Å². The van der Waals surface area contributed by atoms with Crippen LogP contribution in [0.3, 0.4) is 0 Å². The van der Waals surface area contributed by atoms with Gasteiger partial charge in [0.15, 0.2) is 0 Å². The molecule has 2 rings (SSSR count). The molecule has 0 saturated carbocycles. The van der Waals surface area contributed by atoms with E-state index in [1.165, 1.54) is 13.8 Å². The van der Waals surface area contributed by atoms with Crippen LogP contribution in [0.4, 0.5) is 0 Å². The SMILES string of the molecule is CC(=O)c1ccccc1[O][Zr+2][O]c1ccccc1C(C)=O.[Cl-].[Cl-]. The average molecular weight is 432 g/mol. The molecule has 23 heavy (non-hydrogen) atoms. The quantitative estimate of drug-likeness (QED) is 0.473. The number of Topliss-reactive ketones (excluding diaryl/α,β-unsaturated/α-hetero) is 2. The van der Waals surface area contributed by atoms with Crippen molar-refractivity contribution in [3.8, 4) is 11.5 Å². The van der Waals surface area contributed by atoms with Gasteiger partial charge in [0.1, 0.15) is 0 Å². The summed E-state index contributed by atoms with van der Waals surface area (Å²) in [4.78, 5) is 23.0. The zero-order valence-corrected chi connectivity index (χ0v) is 16.5. The van der Waals surface area contributed by atoms with E-state index in [-0.39, 0.29) is 36.4 Å². The second kappa shape index (κ2) is 10.6. The molecule has 0 aliphatic heterocycles. The zero-order chi connectivity index (χ0) is 15.2. The van der Waals surface area contributed by atoms with Gasteiger partial charge in [-0.2, -0.15) is 0 Å². The molecule has 2 aromatic rings. The van der Waals surface area contributed by atoms with Crippen molar-refractivity contribution in [1.29, 1.82) is 0 Å². The Labute approximate surface area is 160 Å². The number of ketones is 2. The Bertz CT molecular complexity index is 619. The Morgan fingerprint density at radius 1 is 0.739 bits per heavy atom. The fourth-order valence-corrected chi connectivity index (χ4v) is 3.22. The maximum atomic E-state index is 11.5. The van der Waals surface area contributed by atoms with Gasteiger partial charge in [-0.25, -0.2) is 0 Å². The molecular weight excluding hydrogens is 418 g/mol. The van der Waals surface area contributed by atoms with Crippen LogP contribution in [0.25, 0.3) is 0 Å². The largest absolute Gasteiger partial charge is 1.00 e. The van der Waals surface area contributed by atoms with E-state index < -0.39 is 24.1 Å². The van der Waals surface area contributed by atoms with Crippen LogP contribution < -0.4 is 30.4 Å². The van der Waals surface area contributed by atoms with Crippen LogP contribution in [-0.4, -0.2) is 11.6 Å². The van der Waals surface area contributed by atoms with Crippen molar-refractivity contribution in [3.63, 3.8) is 0 Å². The van der Waals surface area contributed by atoms with Gasteiger partial charge < -0.3 is 24.8 Å². The summed E-state index contributed by atoms with van der Waals surface area (Å²) in [7, 11) is 0. The molecule has 0 atom stereocenters. The molecule has 0 unspecified atom stereocenters. The molecule has 0 radical (unpaired) electrons. The van der Waals surface area contributed by atoms with E-state index in [1.807, 2.05) is 12.1 Å². The van der Waals surface area contributed by atoms with Gasteiger partial charge in [0.05, 0.1) is 0 Å². The maximum absolute atomic E-state index is 11.5. The monoisotopic (exact) mass is 430 g/mol. The summed E-state index contributed by atoms with van der Waals surface area (Å²) in [6.45, 7) is 3.00. The molecule has 120 valence electrons. The first-order chi connectivity index (χ1) is 10.1. The summed E-state index contributed by atoms with van der Waals surface area (Å²) in [5.74, 6) is 0.983. The Morgan fingerprint density at radius 3 is 1.43 bits per heavy atom. The number of benzene rings is 2. The van der Waals surface area contributed by atoms with Gasteiger partial charge in [0.2, 0.25) is 0 Å². The van der Waals surface area contributed by atoms with Gasteiger partial charge in [0, 0.05) is 0 Å². The first-order valence-corrected chi connectivity index (χ1v) is 8.39. The van der Waals surface area contributed by atoms with E-state index in [9.17, 15) is 9.59 Å². The van der Waals surface area contributed by atoms with Crippen LogP contribution in [0.2, 0.25) is 0 Å². The van der Waals surface area contributed by atoms with Gasteiger partial charge in [-0.15, -0.1) is 0 Å². The number of hydrogen-bond acceptors (Lipinski definition) is 4. The molecule has 0 heterocycles. The number of hydrogen-bond donors (Lipinski definition) is 0. The van der Waals surface area contributed by atoms with E-state index in [0.29, 0.717) is 22.6 Å². The Hall–Kier alpha value is -1.16. The molecule has 0 aromatic heterocycles. The molecule has 0 amide bonds. The van der Waals surface area contributed by atoms with Crippen LogP contribution >= 0.6 is 0 Å². The first kappa shape index (κ1) is 21.8. The zero-order valence-electron chi connectivity index (χ0n) is 12.5. The molecule has 0 saturated heterocycles. The minimum absolute atomic E-state index is 0. The van der Waals surface area contributed by atoms with E-state index in [1.54, 1.807) is 36.4 Å². The van der Waals surface area contributed by atoms with Crippen molar-refractivity contribution in [2.45, 2.75) is 13.8 Å². The van der Waals surface area contributed by atoms with Crippen molar-refractivity contribution >= 4 is 11.6 Å². The Balaban J connectivity index is 0.00000242. The third-order valence-electron chi connectivity index (χ3n) is 2.84. The number of carbonyl (C=O) groups is 2. The summed E-state index contributed by atoms with van der Waals surface area (Å²) in [5.41, 5.74) is 1.09. The van der Waals surface area contributed by atoms with Crippen LogP contribution in [0.1, 0.15) is 34.6 Å². The fourth-order valence-electron chi connectivity index (χ4n) is 1.80. The molecule has 2 aromatic carbocycles. The van der Waals surface area contributed by atoms with E-state index in [0.717, 1.165) is 0 Å². The average Bonchev–Trinajstić information content (AvgIpc) is 2.48. The molecule has 4 nitrogen and oxygen atoms in total. The summed E-state index contributed by atoms with van der Waals surface area (Å²) in [6.07, 6.45) is 0. The predicted octanol–water partition coefficient (Wildman–Crippen LogP) is -2.53. The second-order valence-corrected chi connectivity index (χ2v) is 5.81. The predicted molar refractivity (Wildman–Crippen MR) is 74.1 cm³/mol. The van der Waals surface area contributed by atoms with Crippen LogP contribution in [0.15, 0.2) is 48.5 Å². The molecule has 7 heteroatoms. The van der Waals surface area contributed by atoms with Crippen molar-refractivity contribution < 1.29 is 64.1 Å². The van der Waals surface area contributed by atoms with Crippen molar-refractivity contribution in [2.24, 2.45) is 0 Å². The smallest absolute Gasteiger partial charge is 1.00 e. The summed E-state index contributed by atoms with van der Waals surface area (Å²) in [6, 6.07) is 14.1. The normalized spacial score (nSPS) is 8.78. The Kier molecular flexibility index (Phi) is 10.1. The molecular formula is C16H14Cl2O4Zr. The topological polar surface area (TPSA) is 52.6 Å². The van der Waals surface area contributed by atoms with E-state index >= 15 is 0 Å². The summed E-state index contributed by atoms with van der Waals surface area (Å²) < 4.78 is 11.3. The van der Waals surface area contributed by atoms with Crippen LogP contribution in [0, 0.1) is 0 Å². The van der Waals surface area contributed by atoms with Gasteiger partial charge in [0.25, 0.3) is 0 Å². The molecule has 0 spiro atoms. The molecule has 0 N–H and O–H groups in total. The van der Waals surface area contributed by atoms with Crippen molar-refractivity contribution in [2.75, 3.05) is 0 Å². The van der Waals surface area contributed by atoms with Gasteiger partial charge >= 0.3 is 136 Å². The van der Waals surface area contributed by atoms with Gasteiger partial charge in [-0.1, -0.05) is 0 Å². The number of para-hydroxylation sites is 2. The second-order valence-electron chi connectivity index (χ2n) is 4.39. The van der Waals surface area contributed by atoms with Crippen molar-refractivity contribution in [1.82, 2.24) is 0 Å². The van der Waals surface area contributed by atoms with Crippen LogP contribution in [0.5, 0.6) is 11.5 Å². The van der Waals surface area contributed by atoms with Gasteiger partial charge in [-0.3, -0.25) is 0 Å². The first-order valence-electron chi connectivity index (χ1n) is 6.38. The molecule has 0 aliphatic carbocycles. The van der Waals surface area contributed by atoms with E-state index in [4.69, 9.17) is 5.63 Å². The molecule has 0 fully saturated rings. The standard InChI is InChI=1S/2C8H8O2.2ClH.Zr/c2*1-6(9)7-4-2-3-5-8(7)10;;;/h2*2-5,10H,1H3;2*1H;/q;;;;+4/p-4. The molecule has 0 aliphatic rings. The third-order valence-corrected chi connectivity index (χ3v) is 4.33. The number of carbonyl (C=O) groups excluding carboxylic acids is 2. The fraction of sp³-hybridized carbons (Fsp3) is 0.125. The summed E-state index contributed by atoms with van der Waals surface area (Å²) >= 11 is -1.69. The Morgan fingerprint density at radius 2 is 1.09 bits per heavy atom. The summed E-state index contributed by atoms with van der Waals surface area (Å²) in [5, 5.41) is 0. The van der Waals surface area contributed by atoms with Gasteiger partial charge in [-0.05, 0) is 0 Å². The van der Waals surface area contributed by atoms with Crippen LogP contribution in [-0.2, 0) is 24.1 Å². The minimum Gasteiger partial charge on any atom is -1.00 e. The number of halogens is 2. The third kappa shape index (κ3) is 6.10. The maximum Gasteiger partial charge on any atom is -1.00 e. The number of rotatable bonds is 6. The molecule has 0 bridgehead atoms. The van der Waals surface area contributed by atoms with Crippen molar-refractivity contribution in [3.05, 3.63) is 59.7 Å². The minimum atomic E-state index is -1.69.